The fraction of sp³-hybridized carbons (Fsp3) is 0.273. The van der Waals surface area contributed by atoms with Crippen LogP contribution in [0.4, 0.5) is 13.2 Å². The minimum Gasteiger partial charge on any atom is -0.192 e. The number of hydrogen-bond acceptors (Lipinski definition) is 1. The van der Waals surface area contributed by atoms with Gasteiger partial charge in [0.15, 0.2) is 0 Å². The molecule has 4 heteroatoms. The Morgan fingerprint density at radius 1 is 1.33 bits per heavy atom. The molecule has 0 aliphatic rings. The summed E-state index contributed by atoms with van der Waals surface area (Å²) in [6.07, 6.45) is -4.42. The lowest BCUT2D eigenvalue weighted by molar-refractivity contribution is -0.137. The molecule has 0 spiro atoms. The lowest BCUT2D eigenvalue weighted by Gasteiger charge is -2.11. The van der Waals surface area contributed by atoms with E-state index in [-0.39, 0.29) is 11.5 Å². The van der Waals surface area contributed by atoms with E-state index in [1.807, 2.05) is 0 Å². The quantitative estimate of drug-likeness (QED) is 0.698. The van der Waals surface area contributed by atoms with Crippen LogP contribution in [0.5, 0.6) is 0 Å². The van der Waals surface area contributed by atoms with E-state index in [4.69, 9.17) is 5.26 Å². The molecule has 0 bridgehead atoms. The smallest absolute Gasteiger partial charge is 0.192 e. The van der Waals surface area contributed by atoms with Crippen molar-refractivity contribution in [2.75, 3.05) is 0 Å². The van der Waals surface area contributed by atoms with Crippen LogP contribution in [-0.4, -0.2) is 0 Å². The summed E-state index contributed by atoms with van der Waals surface area (Å²) in [4.78, 5) is 0. The van der Waals surface area contributed by atoms with Crippen molar-refractivity contribution in [3.63, 3.8) is 0 Å². The standard InChI is InChI=1S/C11H9F3N/c1-7(2)9-3-8(6-15)4-10(5-9)11(12,13)14/h3-5,7H,1H2,2H3. The van der Waals surface area contributed by atoms with E-state index in [0.29, 0.717) is 5.56 Å². The van der Waals surface area contributed by atoms with Gasteiger partial charge in [-0.3, -0.25) is 0 Å². The third kappa shape index (κ3) is 2.72. The van der Waals surface area contributed by atoms with Crippen LogP contribution in [0.2, 0.25) is 0 Å². The van der Waals surface area contributed by atoms with Crippen molar-refractivity contribution in [3.8, 4) is 6.07 Å². The van der Waals surface area contributed by atoms with Gasteiger partial charge in [0.05, 0.1) is 17.2 Å². The van der Waals surface area contributed by atoms with Gasteiger partial charge in [-0.25, -0.2) is 0 Å². The van der Waals surface area contributed by atoms with Gasteiger partial charge in [0.25, 0.3) is 0 Å². The normalized spacial score (nSPS) is 11.5. The highest BCUT2D eigenvalue weighted by molar-refractivity contribution is 5.40. The zero-order valence-corrected chi connectivity index (χ0v) is 8.10. The number of hydrogen-bond donors (Lipinski definition) is 0. The molecule has 79 valence electrons. The Labute approximate surface area is 86.1 Å². The van der Waals surface area contributed by atoms with E-state index in [9.17, 15) is 13.2 Å². The molecule has 0 aliphatic heterocycles. The monoisotopic (exact) mass is 212 g/mol. The molecule has 0 fully saturated rings. The maximum Gasteiger partial charge on any atom is 0.416 e. The Morgan fingerprint density at radius 2 is 1.93 bits per heavy atom. The van der Waals surface area contributed by atoms with Crippen molar-refractivity contribution in [3.05, 3.63) is 41.8 Å². The highest BCUT2D eigenvalue weighted by atomic mass is 19.4. The van der Waals surface area contributed by atoms with Gasteiger partial charge >= 0.3 is 6.18 Å². The van der Waals surface area contributed by atoms with E-state index in [0.717, 1.165) is 12.1 Å². The van der Waals surface area contributed by atoms with E-state index < -0.39 is 11.7 Å². The van der Waals surface area contributed by atoms with Crippen LogP contribution in [0.15, 0.2) is 18.2 Å². The first-order valence-corrected chi connectivity index (χ1v) is 4.30. The number of nitriles is 1. The highest BCUT2D eigenvalue weighted by Crippen LogP contribution is 2.32. The van der Waals surface area contributed by atoms with Gasteiger partial charge in [0.1, 0.15) is 0 Å². The Hall–Kier alpha value is -1.50. The van der Waals surface area contributed by atoms with E-state index >= 15 is 0 Å². The summed E-state index contributed by atoms with van der Waals surface area (Å²) in [7, 11) is 0. The van der Waals surface area contributed by atoms with Gasteiger partial charge in [-0.15, -0.1) is 0 Å². The number of benzene rings is 1. The SMILES string of the molecule is [CH2]C(C)c1cc(C#N)cc(C(F)(F)F)c1. The molecule has 0 aromatic heterocycles. The Morgan fingerprint density at radius 3 is 2.33 bits per heavy atom. The summed E-state index contributed by atoms with van der Waals surface area (Å²) >= 11 is 0. The maximum absolute atomic E-state index is 12.4. The van der Waals surface area contributed by atoms with E-state index in [1.165, 1.54) is 6.07 Å². The Balaban J connectivity index is 3.32. The van der Waals surface area contributed by atoms with Crippen molar-refractivity contribution in [1.29, 1.82) is 5.26 Å². The predicted molar refractivity (Wildman–Crippen MR) is 49.9 cm³/mol. The lowest BCUT2D eigenvalue weighted by atomic mass is 9.98. The second-order valence-electron chi connectivity index (χ2n) is 3.35. The number of alkyl halides is 3. The average molecular weight is 212 g/mol. The van der Waals surface area contributed by atoms with Gasteiger partial charge in [0, 0.05) is 0 Å². The van der Waals surface area contributed by atoms with Gasteiger partial charge < -0.3 is 0 Å². The summed E-state index contributed by atoms with van der Waals surface area (Å²) in [5, 5.41) is 8.60. The van der Waals surface area contributed by atoms with Crippen molar-refractivity contribution < 1.29 is 13.2 Å². The molecule has 1 radical (unpaired) electrons. The van der Waals surface area contributed by atoms with E-state index in [2.05, 4.69) is 6.92 Å². The fourth-order valence-electron chi connectivity index (χ4n) is 1.16. The minimum absolute atomic E-state index is 0.00956. The van der Waals surface area contributed by atoms with Crippen LogP contribution < -0.4 is 0 Å². The number of rotatable bonds is 1. The molecule has 0 saturated carbocycles. The molecule has 0 saturated heterocycles. The third-order valence-corrected chi connectivity index (χ3v) is 1.98. The number of halogens is 3. The first-order valence-electron chi connectivity index (χ1n) is 4.30. The first kappa shape index (κ1) is 11.6. The molecule has 1 aromatic rings. The second kappa shape index (κ2) is 3.93. The van der Waals surface area contributed by atoms with Crippen LogP contribution in [0.1, 0.15) is 29.5 Å². The average Bonchev–Trinajstić information content (AvgIpc) is 2.15. The molecule has 1 atom stereocenters. The lowest BCUT2D eigenvalue weighted by Crippen LogP contribution is -2.06. The summed E-state index contributed by atoms with van der Waals surface area (Å²) < 4.78 is 37.3. The van der Waals surface area contributed by atoms with Gasteiger partial charge in [-0.05, 0) is 36.6 Å². The summed E-state index contributed by atoms with van der Waals surface area (Å²) in [6, 6.07) is 5.00. The highest BCUT2D eigenvalue weighted by Gasteiger charge is 2.31. The van der Waals surface area contributed by atoms with Crippen LogP contribution in [0, 0.1) is 18.3 Å². The van der Waals surface area contributed by atoms with Gasteiger partial charge in [0.2, 0.25) is 0 Å². The molecule has 15 heavy (non-hydrogen) atoms. The molecule has 0 amide bonds. The summed E-state index contributed by atoms with van der Waals surface area (Å²) in [6.45, 7) is 5.31. The zero-order valence-electron chi connectivity index (χ0n) is 8.10. The van der Waals surface area contributed by atoms with Crippen LogP contribution in [0.3, 0.4) is 0 Å². The molecule has 1 unspecified atom stereocenters. The fourth-order valence-corrected chi connectivity index (χ4v) is 1.16. The molecular weight excluding hydrogens is 203 g/mol. The van der Waals surface area contributed by atoms with Gasteiger partial charge in [-0.1, -0.05) is 6.92 Å². The Bertz CT molecular complexity index is 399. The maximum atomic E-state index is 12.4. The van der Waals surface area contributed by atoms with Crippen LogP contribution >= 0.6 is 0 Å². The van der Waals surface area contributed by atoms with Crippen molar-refractivity contribution in [1.82, 2.24) is 0 Å². The Kier molecular flexibility index (Phi) is 3.04. The molecular formula is C11H9F3N. The van der Waals surface area contributed by atoms with Crippen molar-refractivity contribution in [2.45, 2.75) is 19.0 Å². The van der Waals surface area contributed by atoms with Gasteiger partial charge in [-0.2, -0.15) is 18.4 Å². The zero-order chi connectivity index (χ0) is 11.6. The van der Waals surface area contributed by atoms with Crippen molar-refractivity contribution >= 4 is 0 Å². The molecule has 0 heterocycles. The molecule has 0 N–H and O–H groups in total. The van der Waals surface area contributed by atoms with Crippen molar-refractivity contribution in [2.24, 2.45) is 0 Å². The van der Waals surface area contributed by atoms with E-state index in [1.54, 1.807) is 13.0 Å². The molecule has 0 aliphatic carbocycles. The molecule has 1 rings (SSSR count). The van der Waals surface area contributed by atoms with Crippen LogP contribution in [0.25, 0.3) is 0 Å². The largest absolute Gasteiger partial charge is 0.416 e. The minimum atomic E-state index is -4.42. The molecule has 1 nitrogen and oxygen atoms in total. The molecule has 1 aromatic carbocycles. The summed E-state index contributed by atoms with van der Waals surface area (Å²) in [5.74, 6) is -0.278. The predicted octanol–water partition coefficient (Wildman–Crippen LogP) is 3.51. The first-order chi connectivity index (χ1) is 6.84. The number of nitrogens with zero attached hydrogens (tertiary/aromatic N) is 1. The van der Waals surface area contributed by atoms with Crippen LogP contribution in [-0.2, 0) is 6.18 Å². The third-order valence-electron chi connectivity index (χ3n) is 1.98. The topological polar surface area (TPSA) is 23.8 Å². The summed E-state index contributed by atoms with van der Waals surface area (Å²) in [5.41, 5.74) is -0.372. The second-order valence-corrected chi connectivity index (χ2v) is 3.35.